The first-order chi connectivity index (χ1) is 19.0. The summed E-state index contributed by atoms with van der Waals surface area (Å²) in [4.78, 5) is 21.6. The van der Waals surface area contributed by atoms with Crippen LogP contribution < -0.4 is 20.1 Å². The van der Waals surface area contributed by atoms with Crippen LogP contribution in [-0.4, -0.2) is 33.5 Å². The van der Waals surface area contributed by atoms with Crippen LogP contribution >= 0.6 is 33.2 Å². The summed E-state index contributed by atoms with van der Waals surface area (Å²) in [5.74, 6) is 2.28. The molecule has 0 radical (unpaired) electrons. The molecule has 0 spiro atoms. The third-order valence-electron chi connectivity index (χ3n) is 5.93. The molecule has 1 saturated heterocycles. The number of aromatic nitrogens is 2. The van der Waals surface area contributed by atoms with Gasteiger partial charge in [-0.15, -0.1) is 0 Å². The molecule has 1 fully saturated rings. The third kappa shape index (κ3) is 7.06. The monoisotopic (exact) mass is 584 g/mol. The van der Waals surface area contributed by atoms with E-state index >= 15 is 0 Å². The van der Waals surface area contributed by atoms with Crippen LogP contribution in [0.5, 0.6) is 11.5 Å². The molecule has 2 N–H and O–H groups in total. The maximum absolute atomic E-state index is 13.4. The Morgan fingerprint density at radius 3 is 2.79 bits per heavy atom. The molecule has 1 unspecified atom stereocenters. The average molecular weight is 585 g/mol. The van der Waals surface area contributed by atoms with Crippen LogP contribution in [0.1, 0.15) is 25.3 Å². The van der Waals surface area contributed by atoms with Crippen molar-refractivity contribution in [3.63, 3.8) is 0 Å². The Morgan fingerprint density at radius 1 is 1.13 bits per heavy atom. The van der Waals surface area contributed by atoms with E-state index in [1.807, 2.05) is 19.1 Å². The Labute approximate surface area is 238 Å². The fourth-order valence-electron chi connectivity index (χ4n) is 4.09. The number of ether oxygens (including phenoxy) is 2. The second kappa shape index (κ2) is 12.8. The molecule has 1 amide bonds. The van der Waals surface area contributed by atoms with Crippen molar-refractivity contribution in [1.29, 1.82) is 0 Å². The quantitative estimate of drug-likeness (QED) is 0.184. The highest BCUT2D eigenvalue weighted by molar-refractivity contribution is 8.77. The summed E-state index contributed by atoms with van der Waals surface area (Å²) in [7, 11) is 3.57. The summed E-state index contributed by atoms with van der Waals surface area (Å²) in [6, 6.07) is 15.1. The molecule has 4 aromatic rings. The predicted molar refractivity (Wildman–Crippen MR) is 158 cm³/mol. The van der Waals surface area contributed by atoms with Gasteiger partial charge in [-0.3, -0.25) is 4.79 Å². The summed E-state index contributed by atoms with van der Waals surface area (Å²) in [5, 5.41) is 7.73. The van der Waals surface area contributed by atoms with Gasteiger partial charge in [0, 0.05) is 34.6 Å². The van der Waals surface area contributed by atoms with E-state index in [9.17, 15) is 9.18 Å². The van der Waals surface area contributed by atoms with E-state index in [1.165, 1.54) is 18.5 Å². The molecule has 1 aliphatic rings. The molecular weight excluding hydrogens is 559 g/mol. The topological polar surface area (TPSA) is 85.4 Å². The van der Waals surface area contributed by atoms with Crippen LogP contribution in [-0.2, 0) is 11.4 Å². The zero-order chi connectivity index (χ0) is 27.2. The van der Waals surface area contributed by atoms with Crippen molar-refractivity contribution in [1.82, 2.24) is 9.97 Å². The van der Waals surface area contributed by atoms with Gasteiger partial charge in [0.1, 0.15) is 36.1 Å². The normalized spacial score (nSPS) is 14.8. The van der Waals surface area contributed by atoms with E-state index < -0.39 is 0 Å². The van der Waals surface area contributed by atoms with Crippen molar-refractivity contribution in [2.45, 2.75) is 31.6 Å². The Kier molecular flexibility index (Phi) is 8.95. The van der Waals surface area contributed by atoms with Crippen LogP contribution in [0.4, 0.5) is 21.6 Å². The molecule has 3 aromatic carbocycles. The van der Waals surface area contributed by atoms with Gasteiger partial charge in [0.25, 0.3) is 0 Å². The third-order valence-corrected chi connectivity index (χ3v) is 9.16. The van der Waals surface area contributed by atoms with Crippen molar-refractivity contribution in [3.8, 4) is 11.5 Å². The fraction of sp³-hybridized carbons (Fsp3) is 0.250. The Balaban J connectivity index is 1.35. The smallest absolute Gasteiger partial charge is 0.225 e. The minimum absolute atomic E-state index is 0.0535. The SMILES string of the molecule is CCOc1cc2ncnc(Nc3ccc(OCc4cccc(F)c4)c(Cl)c3)c2cc1NC(=O)CC1CCSS1. The number of carbonyl (C=O) groups is 1. The summed E-state index contributed by atoms with van der Waals surface area (Å²) < 4.78 is 25.0. The van der Waals surface area contributed by atoms with Gasteiger partial charge < -0.3 is 20.1 Å². The second-order valence-corrected chi connectivity index (χ2v) is 12.0. The second-order valence-electron chi connectivity index (χ2n) is 8.79. The van der Waals surface area contributed by atoms with E-state index in [2.05, 4.69) is 20.6 Å². The molecule has 0 bridgehead atoms. The lowest BCUT2D eigenvalue weighted by atomic mass is 10.1. The minimum Gasteiger partial charge on any atom is -0.492 e. The van der Waals surface area contributed by atoms with Crippen LogP contribution in [0.2, 0.25) is 5.02 Å². The van der Waals surface area contributed by atoms with E-state index in [-0.39, 0.29) is 18.3 Å². The number of hydrogen-bond acceptors (Lipinski definition) is 8. The standard InChI is InChI=1S/C28H26ClFN4O3S2/c1-2-36-26-14-23-21(13-24(26)34-27(35)12-20-8-9-38-39-20)28(32-16-31-23)33-19-6-7-25(22(29)11-19)37-15-17-4-3-5-18(30)10-17/h3-7,10-11,13-14,16,20H,2,8-9,12,15H2,1H3,(H,34,35)(H,31,32,33). The van der Waals surface area contributed by atoms with Gasteiger partial charge in [0.15, 0.2) is 0 Å². The first kappa shape index (κ1) is 27.4. The lowest BCUT2D eigenvalue weighted by Gasteiger charge is -2.16. The van der Waals surface area contributed by atoms with Gasteiger partial charge >= 0.3 is 0 Å². The number of anilines is 3. The highest BCUT2D eigenvalue weighted by Gasteiger charge is 2.21. The van der Waals surface area contributed by atoms with Crippen molar-refractivity contribution in [3.05, 3.63) is 77.3 Å². The maximum atomic E-state index is 13.4. The molecular formula is C28H26ClFN4O3S2. The van der Waals surface area contributed by atoms with E-state index in [0.29, 0.717) is 68.5 Å². The predicted octanol–water partition coefficient (Wildman–Crippen LogP) is 7.63. The van der Waals surface area contributed by atoms with E-state index in [1.54, 1.807) is 51.9 Å². The first-order valence-electron chi connectivity index (χ1n) is 12.4. The van der Waals surface area contributed by atoms with E-state index in [4.69, 9.17) is 21.1 Å². The molecule has 5 rings (SSSR count). The Hall–Kier alpha value is -3.21. The zero-order valence-corrected chi connectivity index (χ0v) is 23.5. The summed E-state index contributed by atoms with van der Waals surface area (Å²) >= 11 is 6.48. The zero-order valence-electron chi connectivity index (χ0n) is 21.1. The molecule has 11 heteroatoms. The summed E-state index contributed by atoms with van der Waals surface area (Å²) in [6.45, 7) is 2.53. The number of carbonyl (C=O) groups excluding carboxylic acids is 1. The molecule has 1 aromatic heterocycles. The highest BCUT2D eigenvalue weighted by Crippen LogP contribution is 2.40. The largest absolute Gasteiger partial charge is 0.492 e. The highest BCUT2D eigenvalue weighted by atomic mass is 35.5. The van der Waals surface area contributed by atoms with Crippen LogP contribution in [0.25, 0.3) is 10.9 Å². The lowest BCUT2D eigenvalue weighted by molar-refractivity contribution is -0.116. The van der Waals surface area contributed by atoms with Crippen LogP contribution in [0.15, 0.2) is 60.9 Å². The van der Waals surface area contributed by atoms with Gasteiger partial charge in [0.05, 0.1) is 22.8 Å². The number of halogens is 2. The van der Waals surface area contributed by atoms with Gasteiger partial charge in [0.2, 0.25) is 5.91 Å². The molecule has 39 heavy (non-hydrogen) atoms. The lowest BCUT2D eigenvalue weighted by Crippen LogP contribution is -2.17. The van der Waals surface area contributed by atoms with Gasteiger partial charge in [-0.25, -0.2) is 14.4 Å². The molecule has 1 atom stereocenters. The Morgan fingerprint density at radius 2 is 2.03 bits per heavy atom. The van der Waals surface area contributed by atoms with Gasteiger partial charge in [-0.1, -0.05) is 45.3 Å². The Bertz CT molecular complexity index is 1490. The van der Waals surface area contributed by atoms with Gasteiger partial charge in [-0.05, 0) is 55.3 Å². The number of hydrogen-bond donors (Lipinski definition) is 2. The summed E-state index contributed by atoms with van der Waals surface area (Å²) in [6.07, 6.45) is 2.94. The van der Waals surface area contributed by atoms with Gasteiger partial charge in [-0.2, -0.15) is 0 Å². The fourth-order valence-corrected chi connectivity index (χ4v) is 7.23. The molecule has 0 aliphatic carbocycles. The van der Waals surface area contributed by atoms with Crippen molar-refractivity contribution >= 4 is 67.2 Å². The molecule has 0 saturated carbocycles. The van der Waals surface area contributed by atoms with Crippen LogP contribution in [0.3, 0.4) is 0 Å². The minimum atomic E-state index is -0.318. The number of nitrogens with zero attached hydrogens (tertiary/aromatic N) is 2. The number of rotatable bonds is 10. The summed E-state index contributed by atoms with van der Waals surface area (Å²) in [5.41, 5.74) is 2.63. The molecule has 7 nitrogen and oxygen atoms in total. The molecule has 1 aliphatic heterocycles. The number of nitrogens with one attached hydrogen (secondary N) is 2. The number of fused-ring (bicyclic) bond motifs is 1. The van der Waals surface area contributed by atoms with Crippen molar-refractivity contribution < 1.29 is 18.7 Å². The van der Waals surface area contributed by atoms with Crippen molar-refractivity contribution in [2.75, 3.05) is 23.0 Å². The molecule has 2 heterocycles. The average Bonchev–Trinajstić information content (AvgIpc) is 3.42. The van der Waals surface area contributed by atoms with Crippen molar-refractivity contribution in [2.24, 2.45) is 0 Å². The number of amides is 1. The first-order valence-corrected chi connectivity index (χ1v) is 15.2. The van der Waals surface area contributed by atoms with Crippen LogP contribution in [0, 0.1) is 5.82 Å². The van der Waals surface area contributed by atoms with E-state index in [0.717, 1.165) is 12.2 Å². The maximum Gasteiger partial charge on any atom is 0.225 e. The molecule has 202 valence electrons. The number of benzene rings is 3.